The zero-order valence-electron chi connectivity index (χ0n) is 8.06. The zero-order valence-corrected chi connectivity index (χ0v) is 8.06. The Morgan fingerprint density at radius 2 is 2.31 bits per heavy atom. The molecule has 1 aliphatic rings. The van der Waals surface area contributed by atoms with Crippen molar-refractivity contribution in [2.24, 2.45) is 11.0 Å². The number of nitrogens with zero attached hydrogens (tertiary/aromatic N) is 3. The van der Waals surface area contributed by atoms with Crippen molar-refractivity contribution in [3.05, 3.63) is 10.4 Å². The van der Waals surface area contributed by atoms with Crippen LogP contribution in [0.5, 0.6) is 0 Å². The molecule has 1 rings (SSSR count). The predicted octanol–water partition coefficient (Wildman–Crippen LogP) is 2.63. The maximum absolute atomic E-state index is 9.52. The molecule has 1 fully saturated rings. The zero-order chi connectivity index (χ0) is 9.68. The lowest BCUT2D eigenvalue weighted by molar-refractivity contribution is 0.0846. The van der Waals surface area contributed by atoms with Gasteiger partial charge >= 0.3 is 0 Å². The largest absolute Gasteiger partial charge is 0.393 e. The van der Waals surface area contributed by atoms with Crippen LogP contribution in [0.4, 0.5) is 0 Å². The van der Waals surface area contributed by atoms with Crippen LogP contribution in [0.3, 0.4) is 0 Å². The number of aliphatic hydroxyl groups is 1. The van der Waals surface area contributed by atoms with Crippen molar-refractivity contribution in [3.8, 4) is 0 Å². The van der Waals surface area contributed by atoms with Gasteiger partial charge in [0.25, 0.3) is 0 Å². The minimum atomic E-state index is -0.413. The molecule has 3 unspecified atom stereocenters. The molecule has 0 aliphatic heterocycles. The Bertz CT molecular complexity index is 201. The lowest BCUT2D eigenvalue weighted by Crippen LogP contribution is -2.31. The van der Waals surface area contributed by atoms with Crippen LogP contribution in [0.2, 0.25) is 0 Å². The van der Waals surface area contributed by atoms with E-state index in [4.69, 9.17) is 5.53 Å². The molecule has 74 valence electrons. The summed E-state index contributed by atoms with van der Waals surface area (Å²) in [6.45, 7) is 2.16. The van der Waals surface area contributed by atoms with Crippen LogP contribution in [-0.2, 0) is 0 Å². The van der Waals surface area contributed by atoms with E-state index >= 15 is 0 Å². The van der Waals surface area contributed by atoms with Crippen LogP contribution < -0.4 is 0 Å². The van der Waals surface area contributed by atoms with E-state index in [9.17, 15) is 5.11 Å². The van der Waals surface area contributed by atoms with Gasteiger partial charge in [0.05, 0.1) is 12.1 Å². The standard InChI is InChI=1S/C9H17N3O/c1-2-3-7-4-5-9(13)8(6-7)11-12-10/h7-9,13H,2-6H2,1H3. The van der Waals surface area contributed by atoms with Crippen molar-refractivity contribution in [3.63, 3.8) is 0 Å². The van der Waals surface area contributed by atoms with Crippen molar-refractivity contribution in [2.75, 3.05) is 0 Å². The maximum Gasteiger partial charge on any atom is 0.0636 e. The van der Waals surface area contributed by atoms with Gasteiger partial charge in [-0.1, -0.05) is 24.9 Å². The van der Waals surface area contributed by atoms with E-state index in [0.29, 0.717) is 5.92 Å². The van der Waals surface area contributed by atoms with E-state index in [0.717, 1.165) is 19.3 Å². The highest BCUT2D eigenvalue weighted by atomic mass is 16.3. The van der Waals surface area contributed by atoms with Crippen LogP contribution in [0.15, 0.2) is 5.11 Å². The first kappa shape index (κ1) is 10.4. The van der Waals surface area contributed by atoms with Crippen molar-refractivity contribution < 1.29 is 5.11 Å². The van der Waals surface area contributed by atoms with E-state index in [1.54, 1.807) is 0 Å². The van der Waals surface area contributed by atoms with Crippen LogP contribution in [-0.4, -0.2) is 17.3 Å². The minimum absolute atomic E-state index is 0.185. The Kier molecular flexibility index (Phi) is 4.06. The topological polar surface area (TPSA) is 69.0 Å². The molecule has 3 atom stereocenters. The van der Waals surface area contributed by atoms with E-state index in [1.807, 2.05) is 0 Å². The van der Waals surface area contributed by atoms with Crippen LogP contribution in [0.1, 0.15) is 39.0 Å². The third-order valence-electron chi connectivity index (χ3n) is 2.79. The minimum Gasteiger partial charge on any atom is -0.393 e. The first-order valence-electron chi connectivity index (χ1n) is 5.00. The van der Waals surface area contributed by atoms with Gasteiger partial charge in [-0.15, -0.1) is 0 Å². The maximum atomic E-state index is 9.52. The molecular formula is C9H17N3O. The lowest BCUT2D eigenvalue weighted by atomic mass is 9.82. The SMILES string of the molecule is CCCC1CCC(O)C(N=[N+]=[N-])C1. The average Bonchev–Trinajstić information content (AvgIpc) is 2.12. The number of hydrogen-bond donors (Lipinski definition) is 1. The molecule has 1 N–H and O–H groups in total. The van der Waals surface area contributed by atoms with Gasteiger partial charge in [-0.05, 0) is 30.7 Å². The van der Waals surface area contributed by atoms with Gasteiger partial charge in [-0.2, -0.15) is 0 Å². The smallest absolute Gasteiger partial charge is 0.0636 e. The average molecular weight is 183 g/mol. The van der Waals surface area contributed by atoms with Gasteiger partial charge in [-0.3, -0.25) is 0 Å². The second-order valence-electron chi connectivity index (χ2n) is 3.81. The number of rotatable bonds is 3. The van der Waals surface area contributed by atoms with Crippen molar-refractivity contribution in [1.29, 1.82) is 0 Å². The molecule has 0 saturated heterocycles. The molecule has 0 bridgehead atoms. The second-order valence-corrected chi connectivity index (χ2v) is 3.81. The summed E-state index contributed by atoms with van der Waals surface area (Å²) >= 11 is 0. The fourth-order valence-corrected chi connectivity index (χ4v) is 2.08. The van der Waals surface area contributed by atoms with Gasteiger partial charge in [-0.25, -0.2) is 0 Å². The highest BCUT2D eigenvalue weighted by Crippen LogP contribution is 2.29. The Hall–Kier alpha value is -0.730. The van der Waals surface area contributed by atoms with Crippen LogP contribution in [0.25, 0.3) is 10.4 Å². The van der Waals surface area contributed by atoms with Crippen LogP contribution >= 0.6 is 0 Å². The lowest BCUT2D eigenvalue weighted by Gasteiger charge is -2.30. The van der Waals surface area contributed by atoms with E-state index in [-0.39, 0.29) is 6.04 Å². The molecule has 0 radical (unpaired) electrons. The summed E-state index contributed by atoms with van der Waals surface area (Å²) in [5, 5.41) is 13.1. The van der Waals surface area contributed by atoms with Crippen LogP contribution in [0, 0.1) is 5.92 Å². The molecule has 0 aromatic rings. The van der Waals surface area contributed by atoms with Gasteiger partial charge < -0.3 is 5.11 Å². The first-order valence-corrected chi connectivity index (χ1v) is 5.00. The summed E-state index contributed by atoms with van der Waals surface area (Å²) in [6, 6.07) is -0.185. The summed E-state index contributed by atoms with van der Waals surface area (Å²) in [5.74, 6) is 0.642. The molecule has 1 aliphatic carbocycles. The third-order valence-corrected chi connectivity index (χ3v) is 2.79. The van der Waals surface area contributed by atoms with Crippen molar-refractivity contribution in [2.45, 2.75) is 51.2 Å². The quantitative estimate of drug-likeness (QED) is 0.408. The molecular weight excluding hydrogens is 166 g/mol. The Labute approximate surface area is 78.6 Å². The van der Waals surface area contributed by atoms with E-state index < -0.39 is 6.10 Å². The summed E-state index contributed by atoms with van der Waals surface area (Å²) in [5.41, 5.74) is 8.30. The van der Waals surface area contributed by atoms with E-state index in [2.05, 4.69) is 16.9 Å². The van der Waals surface area contributed by atoms with Gasteiger partial charge in [0.1, 0.15) is 0 Å². The van der Waals surface area contributed by atoms with E-state index in [1.165, 1.54) is 12.8 Å². The van der Waals surface area contributed by atoms with Gasteiger partial charge in [0.2, 0.25) is 0 Å². The predicted molar refractivity (Wildman–Crippen MR) is 51.2 cm³/mol. The second kappa shape index (κ2) is 5.10. The molecule has 1 saturated carbocycles. The van der Waals surface area contributed by atoms with Crippen molar-refractivity contribution in [1.82, 2.24) is 0 Å². The molecule has 0 aromatic carbocycles. The fourth-order valence-electron chi connectivity index (χ4n) is 2.08. The molecule has 0 heterocycles. The number of azide groups is 1. The number of aliphatic hydroxyl groups excluding tert-OH is 1. The Morgan fingerprint density at radius 1 is 1.54 bits per heavy atom. The highest BCUT2D eigenvalue weighted by molar-refractivity contribution is 4.84. The van der Waals surface area contributed by atoms with Gasteiger partial charge in [0, 0.05) is 4.91 Å². The highest BCUT2D eigenvalue weighted by Gasteiger charge is 2.27. The summed E-state index contributed by atoms with van der Waals surface area (Å²) in [6.07, 6.45) is 4.66. The first-order chi connectivity index (χ1) is 6.27. The van der Waals surface area contributed by atoms with Gasteiger partial charge in [0.15, 0.2) is 0 Å². The molecule has 0 spiro atoms. The Morgan fingerprint density at radius 3 is 2.92 bits per heavy atom. The summed E-state index contributed by atoms with van der Waals surface area (Å²) in [4.78, 5) is 2.77. The fraction of sp³-hybridized carbons (Fsp3) is 1.00. The molecule has 0 amide bonds. The summed E-state index contributed by atoms with van der Waals surface area (Å²) < 4.78 is 0. The molecule has 0 aromatic heterocycles. The molecule has 13 heavy (non-hydrogen) atoms. The monoisotopic (exact) mass is 183 g/mol. The summed E-state index contributed by atoms with van der Waals surface area (Å²) in [7, 11) is 0. The molecule has 4 nitrogen and oxygen atoms in total. The van der Waals surface area contributed by atoms with Crippen molar-refractivity contribution >= 4 is 0 Å². The number of hydrogen-bond acceptors (Lipinski definition) is 2. The third kappa shape index (κ3) is 2.90. The Balaban J connectivity index is 2.47. The normalized spacial score (nSPS) is 33.8. The molecule has 4 heteroatoms.